The van der Waals surface area contributed by atoms with Gasteiger partial charge in [0.15, 0.2) is 5.76 Å². The third-order valence-electron chi connectivity index (χ3n) is 6.68. The number of nitrogens with one attached hydrogen (secondary N) is 2. The number of halogens is 1. The first-order chi connectivity index (χ1) is 18.3. The number of carbonyl (C=O) groups excluding carboxylic acids is 2. The van der Waals surface area contributed by atoms with E-state index in [-0.39, 0.29) is 30.7 Å². The molecule has 0 atom stereocenters. The van der Waals surface area contributed by atoms with Crippen LogP contribution in [0.3, 0.4) is 0 Å². The predicted molar refractivity (Wildman–Crippen MR) is 144 cm³/mol. The second kappa shape index (κ2) is 12.2. The molecule has 0 fully saturated rings. The fraction of sp³-hybridized carbons (Fsp3) is 0.393. The largest absolute Gasteiger partial charge is 0.356 e. The summed E-state index contributed by atoms with van der Waals surface area (Å²) < 4.78 is 19.7. The molecule has 0 spiro atoms. The van der Waals surface area contributed by atoms with Gasteiger partial charge in [-0.05, 0) is 55.8 Å². The molecule has 0 radical (unpaired) electrons. The van der Waals surface area contributed by atoms with E-state index < -0.39 is 0 Å². The standard InChI is InChI=1S/C28H35FN6O3/c1-5-30-11-12-31-27(36)17-34(25-10-9-21(13-19(25)2)26-14-20(3)32-38-26)18-28(37)33(4)35-15-22-7-6-8-24(29)23(22)16-35/h6-10,13-14,30H,5,11-12,15-18H2,1-4H3,(H,31,36). The number of aryl methyl sites for hydroxylation is 2. The average molecular weight is 523 g/mol. The van der Waals surface area contributed by atoms with Crippen molar-refractivity contribution in [3.05, 3.63) is 70.7 Å². The van der Waals surface area contributed by atoms with E-state index in [1.54, 1.807) is 18.0 Å². The molecule has 1 aromatic heterocycles. The molecule has 0 aliphatic carbocycles. The van der Waals surface area contributed by atoms with Gasteiger partial charge in [0.1, 0.15) is 5.82 Å². The molecule has 2 amide bonds. The molecule has 38 heavy (non-hydrogen) atoms. The van der Waals surface area contributed by atoms with Gasteiger partial charge < -0.3 is 20.1 Å². The Morgan fingerprint density at radius 3 is 2.61 bits per heavy atom. The van der Waals surface area contributed by atoms with Crippen molar-refractivity contribution in [2.24, 2.45) is 0 Å². The Balaban J connectivity index is 1.50. The molecule has 1 aliphatic heterocycles. The van der Waals surface area contributed by atoms with Crippen LogP contribution in [0.15, 0.2) is 47.0 Å². The summed E-state index contributed by atoms with van der Waals surface area (Å²) >= 11 is 0. The minimum absolute atomic E-state index is 0.0160. The van der Waals surface area contributed by atoms with E-state index in [4.69, 9.17) is 4.52 Å². The maximum absolute atomic E-state index is 14.3. The number of anilines is 1. The van der Waals surface area contributed by atoms with Gasteiger partial charge in [-0.2, -0.15) is 0 Å². The number of hydrazine groups is 1. The highest BCUT2D eigenvalue weighted by atomic mass is 19.1. The Kier molecular flexibility index (Phi) is 8.75. The second-order valence-electron chi connectivity index (χ2n) is 9.51. The molecule has 202 valence electrons. The number of benzene rings is 2. The van der Waals surface area contributed by atoms with Crippen molar-refractivity contribution in [3.63, 3.8) is 0 Å². The van der Waals surface area contributed by atoms with E-state index in [2.05, 4.69) is 15.8 Å². The van der Waals surface area contributed by atoms with E-state index in [0.29, 0.717) is 37.5 Å². The van der Waals surface area contributed by atoms with Crippen LogP contribution in [-0.2, 0) is 22.7 Å². The van der Waals surface area contributed by atoms with E-state index in [0.717, 1.165) is 34.6 Å². The van der Waals surface area contributed by atoms with Crippen molar-refractivity contribution < 1.29 is 18.5 Å². The number of hydrogen-bond donors (Lipinski definition) is 2. The number of nitrogens with zero attached hydrogens (tertiary/aromatic N) is 4. The normalized spacial score (nSPS) is 12.9. The molecule has 0 bridgehead atoms. The number of rotatable bonds is 11. The molecule has 9 nitrogen and oxygen atoms in total. The van der Waals surface area contributed by atoms with Crippen LogP contribution in [0.2, 0.25) is 0 Å². The smallest absolute Gasteiger partial charge is 0.256 e. The van der Waals surface area contributed by atoms with Gasteiger partial charge in [0, 0.05) is 56.1 Å². The predicted octanol–water partition coefficient (Wildman–Crippen LogP) is 3.02. The minimum atomic E-state index is -0.264. The van der Waals surface area contributed by atoms with Gasteiger partial charge >= 0.3 is 0 Å². The van der Waals surface area contributed by atoms with Crippen LogP contribution in [0.5, 0.6) is 0 Å². The van der Waals surface area contributed by atoms with Crippen molar-refractivity contribution in [1.29, 1.82) is 0 Å². The summed E-state index contributed by atoms with van der Waals surface area (Å²) in [6.07, 6.45) is 0. The maximum Gasteiger partial charge on any atom is 0.256 e. The van der Waals surface area contributed by atoms with Crippen LogP contribution in [0.1, 0.15) is 29.3 Å². The number of hydrogen-bond acceptors (Lipinski definition) is 7. The number of fused-ring (bicyclic) bond motifs is 1. The number of amides is 2. The SMILES string of the molecule is CCNCCNC(=O)CN(CC(=O)N(C)N1Cc2cccc(F)c2C1)c1ccc(-c2cc(C)no2)cc1C. The van der Waals surface area contributed by atoms with Gasteiger partial charge in [0.2, 0.25) is 5.91 Å². The van der Waals surface area contributed by atoms with Crippen LogP contribution < -0.4 is 15.5 Å². The Bertz CT molecular complexity index is 1290. The molecular weight excluding hydrogens is 487 g/mol. The highest BCUT2D eigenvalue weighted by molar-refractivity contribution is 5.87. The third-order valence-corrected chi connectivity index (χ3v) is 6.68. The van der Waals surface area contributed by atoms with Gasteiger partial charge in [-0.15, -0.1) is 0 Å². The zero-order chi connectivity index (χ0) is 27.2. The molecule has 4 rings (SSSR count). The monoisotopic (exact) mass is 522 g/mol. The van der Waals surface area contributed by atoms with Gasteiger partial charge in [-0.3, -0.25) is 14.6 Å². The van der Waals surface area contributed by atoms with Crippen LogP contribution in [-0.4, -0.2) is 66.8 Å². The lowest BCUT2D eigenvalue weighted by Gasteiger charge is -2.32. The summed E-state index contributed by atoms with van der Waals surface area (Å²) in [6, 6.07) is 12.6. The zero-order valence-electron chi connectivity index (χ0n) is 22.4. The zero-order valence-corrected chi connectivity index (χ0v) is 22.4. The topological polar surface area (TPSA) is 93.9 Å². The summed E-state index contributed by atoms with van der Waals surface area (Å²) in [4.78, 5) is 28.0. The maximum atomic E-state index is 14.3. The molecule has 2 N–H and O–H groups in total. The molecule has 1 aliphatic rings. The van der Waals surface area contributed by atoms with E-state index in [9.17, 15) is 14.0 Å². The molecule has 2 heterocycles. The Labute approximate surface area is 222 Å². The Morgan fingerprint density at radius 2 is 1.92 bits per heavy atom. The summed E-state index contributed by atoms with van der Waals surface area (Å²) in [5.74, 6) is 0.0113. The molecule has 2 aromatic carbocycles. The third kappa shape index (κ3) is 6.38. The van der Waals surface area contributed by atoms with E-state index in [1.165, 1.54) is 11.1 Å². The highest BCUT2D eigenvalue weighted by Crippen LogP contribution is 2.29. The number of carbonyl (C=O) groups is 2. The van der Waals surface area contributed by atoms with Gasteiger partial charge in [-0.25, -0.2) is 9.40 Å². The first-order valence-corrected chi connectivity index (χ1v) is 12.8. The van der Waals surface area contributed by atoms with Crippen molar-refractivity contribution in [3.8, 4) is 11.3 Å². The van der Waals surface area contributed by atoms with Gasteiger partial charge in [0.25, 0.3) is 5.91 Å². The molecular formula is C28H35FN6O3. The summed E-state index contributed by atoms with van der Waals surface area (Å²) in [5.41, 5.74) is 4.79. The highest BCUT2D eigenvalue weighted by Gasteiger charge is 2.28. The molecule has 0 saturated heterocycles. The minimum Gasteiger partial charge on any atom is -0.356 e. The fourth-order valence-corrected chi connectivity index (χ4v) is 4.58. The van der Waals surface area contributed by atoms with Crippen LogP contribution in [0, 0.1) is 19.7 Å². The van der Waals surface area contributed by atoms with Crippen molar-refractivity contribution in [2.45, 2.75) is 33.9 Å². The summed E-state index contributed by atoms with van der Waals surface area (Å²) in [6.45, 7) is 8.55. The quantitative estimate of drug-likeness (QED) is 0.374. The first kappa shape index (κ1) is 27.3. The Hall–Kier alpha value is -3.76. The lowest BCUT2D eigenvalue weighted by atomic mass is 10.1. The Morgan fingerprint density at radius 1 is 1.11 bits per heavy atom. The van der Waals surface area contributed by atoms with E-state index in [1.807, 2.05) is 56.1 Å². The molecule has 3 aromatic rings. The van der Waals surface area contributed by atoms with Gasteiger partial charge in [0.05, 0.1) is 18.8 Å². The van der Waals surface area contributed by atoms with Gasteiger partial charge in [-0.1, -0.05) is 24.2 Å². The molecule has 10 heteroatoms. The lowest BCUT2D eigenvalue weighted by Crippen LogP contribution is -2.48. The first-order valence-electron chi connectivity index (χ1n) is 12.8. The molecule has 0 unspecified atom stereocenters. The summed E-state index contributed by atoms with van der Waals surface area (Å²) in [7, 11) is 1.68. The van der Waals surface area contributed by atoms with Crippen molar-refractivity contribution in [1.82, 2.24) is 25.8 Å². The van der Waals surface area contributed by atoms with E-state index >= 15 is 0 Å². The molecule has 0 saturated carbocycles. The van der Waals surface area contributed by atoms with Crippen LogP contribution in [0.25, 0.3) is 11.3 Å². The average Bonchev–Trinajstić information content (AvgIpc) is 3.53. The van der Waals surface area contributed by atoms with Crippen LogP contribution >= 0.6 is 0 Å². The van der Waals surface area contributed by atoms with Crippen molar-refractivity contribution >= 4 is 17.5 Å². The van der Waals surface area contributed by atoms with Crippen LogP contribution in [0.4, 0.5) is 10.1 Å². The number of likely N-dealkylation sites (N-methyl/N-ethyl adjacent to an activating group) is 2. The number of aromatic nitrogens is 1. The lowest BCUT2D eigenvalue weighted by molar-refractivity contribution is -0.145. The second-order valence-corrected chi connectivity index (χ2v) is 9.51. The summed E-state index contributed by atoms with van der Waals surface area (Å²) in [5, 5.41) is 13.4. The fourth-order valence-electron chi connectivity index (χ4n) is 4.58. The van der Waals surface area contributed by atoms with Crippen molar-refractivity contribution in [2.75, 3.05) is 44.7 Å².